The fraction of sp³-hybridized carbons (Fsp3) is 0. The van der Waals surface area contributed by atoms with Gasteiger partial charge in [-0.05, 0) is 18.2 Å². The summed E-state index contributed by atoms with van der Waals surface area (Å²) >= 11 is 0. The number of aromatic nitrogens is 9. The number of aromatic amines is 3. The molecule has 9 nitrogen and oxygen atoms in total. The first-order chi connectivity index (χ1) is 14.4. The summed E-state index contributed by atoms with van der Waals surface area (Å²) in [5.41, 5.74) is 6.68. The Kier molecular flexibility index (Phi) is 3.27. The Hall–Kier alpha value is -4.40. The molecular weight excluding hydrogens is 366 g/mol. The van der Waals surface area contributed by atoms with Crippen molar-refractivity contribution in [3.8, 4) is 33.8 Å². The van der Waals surface area contributed by atoms with Crippen LogP contribution in [0.3, 0.4) is 0 Å². The molecule has 0 aromatic carbocycles. The number of fused-ring (bicyclic) bond motifs is 2. The molecule has 9 heteroatoms. The van der Waals surface area contributed by atoms with Gasteiger partial charge in [-0.1, -0.05) is 6.07 Å². The molecule has 6 aromatic rings. The zero-order valence-corrected chi connectivity index (χ0v) is 15.0. The van der Waals surface area contributed by atoms with Gasteiger partial charge in [-0.15, -0.1) is 0 Å². The Bertz CT molecular complexity index is 1450. The maximum absolute atomic E-state index is 4.80. The zero-order valence-electron chi connectivity index (χ0n) is 15.0. The van der Waals surface area contributed by atoms with E-state index in [9.17, 15) is 0 Å². The van der Waals surface area contributed by atoms with E-state index in [1.54, 1.807) is 24.8 Å². The highest BCUT2D eigenvalue weighted by Crippen LogP contribution is 2.31. The fourth-order valence-corrected chi connectivity index (χ4v) is 3.43. The lowest BCUT2D eigenvalue weighted by molar-refractivity contribution is 1.09. The summed E-state index contributed by atoms with van der Waals surface area (Å²) in [6, 6.07) is 7.86. The van der Waals surface area contributed by atoms with Gasteiger partial charge >= 0.3 is 0 Å². The molecule has 0 bridgehead atoms. The minimum Gasteiger partial charge on any atom is -0.321 e. The molecule has 0 saturated carbocycles. The summed E-state index contributed by atoms with van der Waals surface area (Å²) in [5.74, 6) is 0.626. The van der Waals surface area contributed by atoms with Crippen LogP contribution in [0.25, 0.3) is 56.0 Å². The van der Waals surface area contributed by atoms with Gasteiger partial charge in [-0.3, -0.25) is 15.2 Å². The lowest BCUT2D eigenvalue weighted by Gasteiger charge is -2.00. The predicted molar refractivity (Wildman–Crippen MR) is 108 cm³/mol. The predicted octanol–water partition coefficient (Wildman–Crippen LogP) is 3.35. The molecule has 6 heterocycles. The van der Waals surface area contributed by atoms with Gasteiger partial charge in [0, 0.05) is 53.2 Å². The van der Waals surface area contributed by atoms with Crippen LogP contribution in [0.15, 0.2) is 61.4 Å². The highest BCUT2D eigenvalue weighted by Gasteiger charge is 2.17. The quantitative estimate of drug-likeness (QED) is 0.433. The number of hydrogen-bond acceptors (Lipinski definition) is 6. The lowest BCUT2D eigenvalue weighted by Crippen LogP contribution is -1.84. The largest absolute Gasteiger partial charge is 0.321 e. The van der Waals surface area contributed by atoms with E-state index in [2.05, 4.69) is 40.3 Å². The Morgan fingerprint density at radius 3 is 2.72 bits per heavy atom. The van der Waals surface area contributed by atoms with Crippen LogP contribution in [0, 0.1) is 0 Å². The first kappa shape index (κ1) is 15.6. The number of imidazole rings is 1. The van der Waals surface area contributed by atoms with Crippen molar-refractivity contribution < 1.29 is 0 Å². The Morgan fingerprint density at radius 2 is 1.86 bits per heavy atom. The van der Waals surface area contributed by atoms with Gasteiger partial charge < -0.3 is 4.98 Å². The summed E-state index contributed by atoms with van der Waals surface area (Å²) in [6.07, 6.45) is 10.7. The van der Waals surface area contributed by atoms with Crippen LogP contribution in [-0.2, 0) is 0 Å². The van der Waals surface area contributed by atoms with Crippen LogP contribution in [-0.4, -0.2) is 45.3 Å². The fourth-order valence-electron chi connectivity index (χ4n) is 3.43. The highest BCUT2D eigenvalue weighted by atomic mass is 15.2. The summed E-state index contributed by atoms with van der Waals surface area (Å²) < 4.78 is 0. The van der Waals surface area contributed by atoms with Crippen LogP contribution < -0.4 is 0 Å². The third-order valence-corrected chi connectivity index (χ3v) is 4.83. The molecular formula is C20H13N9. The van der Waals surface area contributed by atoms with Crippen LogP contribution in [0.1, 0.15) is 0 Å². The Labute approximate surface area is 163 Å². The molecule has 138 valence electrons. The van der Waals surface area contributed by atoms with E-state index >= 15 is 0 Å². The second-order valence-corrected chi connectivity index (χ2v) is 6.56. The van der Waals surface area contributed by atoms with Gasteiger partial charge in [0.25, 0.3) is 0 Å². The van der Waals surface area contributed by atoms with Gasteiger partial charge in [-0.2, -0.15) is 10.2 Å². The van der Waals surface area contributed by atoms with Crippen LogP contribution in [0.5, 0.6) is 0 Å². The maximum atomic E-state index is 4.80. The minimum absolute atomic E-state index is 0.626. The second-order valence-electron chi connectivity index (χ2n) is 6.56. The molecule has 0 aliphatic carbocycles. The monoisotopic (exact) mass is 379 g/mol. The molecule has 0 atom stereocenters. The van der Waals surface area contributed by atoms with Gasteiger partial charge in [-0.25, -0.2) is 15.0 Å². The van der Waals surface area contributed by atoms with E-state index in [-0.39, 0.29) is 0 Å². The van der Waals surface area contributed by atoms with E-state index < -0.39 is 0 Å². The number of pyridine rings is 3. The second kappa shape index (κ2) is 6.06. The van der Waals surface area contributed by atoms with Crippen LogP contribution in [0.2, 0.25) is 0 Å². The van der Waals surface area contributed by atoms with Crippen molar-refractivity contribution in [2.45, 2.75) is 0 Å². The molecule has 6 aromatic heterocycles. The summed E-state index contributed by atoms with van der Waals surface area (Å²) in [6.45, 7) is 0. The standard InChI is InChI=1S/C20H13N9/c1-2-11(7-21-4-1)14-3-5-22-19-16(14)26-20(27-19)17-15-6-12(13-9-24-25-10-13)8-23-18(15)29-28-17/h1-10H,(H,24,25)(H,22,26,27)(H,23,28,29). The van der Waals surface area contributed by atoms with E-state index in [1.807, 2.05) is 36.7 Å². The molecule has 0 aliphatic rings. The van der Waals surface area contributed by atoms with Crippen molar-refractivity contribution in [3.05, 3.63) is 61.4 Å². The Balaban J connectivity index is 1.54. The summed E-state index contributed by atoms with van der Waals surface area (Å²) in [4.78, 5) is 21.2. The van der Waals surface area contributed by atoms with E-state index in [1.165, 1.54) is 0 Å². The molecule has 0 amide bonds. The molecule has 0 radical (unpaired) electrons. The number of H-pyrrole nitrogens is 3. The minimum atomic E-state index is 0.626. The van der Waals surface area contributed by atoms with E-state index in [4.69, 9.17) is 4.98 Å². The van der Waals surface area contributed by atoms with Crippen molar-refractivity contribution in [1.29, 1.82) is 0 Å². The lowest BCUT2D eigenvalue weighted by atomic mass is 10.1. The van der Waals surface area contributed by atoms with Crippen molar-refractivity contribution in [1.82, 2.24) is 45.3 Å². The van der Waals surface area contributed by atoms with Gasteiger partial charge in [0.05, 0.1) is 11.6 Å². The number of nitrogens with one attached hydrogen (secondary N) is 3. The number of nitrogens with zero attached hydrogens (tertiary/aromatic N) is 6. The van der Waals surface area contributed by atoms with Gasteiger partial charge in [0.15, 0.2) is 17.1 Å². The molecule has 0 saturated heterocycles. The van der Waals surface area contributed by atoms with Crippen molar-refractivity contribution in [2.24, 2.45) is 0 Å². The van der Waals surface area contributed by atoms with E-state index in [0.717, 1.165) is 33.2 Å². The average molecular weight is 379 g/mol. The molecule has 0 fully saturated rings. The SMILES string of the molecule is c1cncc(-c2ccnc3[nH]c(-c4n[nH]c5ncc(-c6cn[nH]c6)cc45)nc23)c1. The molecule has 3 N–H and O–H groups in total. The van der Waals surface area contributed by atoms with E-state index in [0.29, 0.717) is 22.8 Å². The number of hydrogen-bond donors (Lipinski definition) is 3. The van der Waals surface area contributed by atoms with Crippen molar-refractivity contribution >= 4 is 22.2 Å². The van der Waals surface area contributed by atoms with Gasteiger partial charge in [0.1, 0.15) is 11.2 Å². The molecule has 0 unspecified atom stereocenters. The summed E-state index contributed by atoms with van der Waals surface area (Å²) in [5, 5.41) is 15.1. The first-order valence-electron chi connectivity index (χ1n) is 8.95. The normalized spacial score (nSPS) is 11.4. The highest BCUT2D eigenvalue weighted by molar-refractivity contribution is 5.95. The first-order valence-corrected chi connectivity index (χ1v) is 8.95. The molecule has 0 spiro atoms. The smallest absolute Gasteiger partial charge is 0.161 e. The topological polar surface area (TPSA) is 125 Å². The molecule has 0 aliphatic heterocycles. The maximum Gasteiger partial charge on any atom is 0.161 e. The van der Waals surface area contributed by atoms with Crippen LogP contribution >= 0.6 is 0 Å². The average Bonchev–Trinajstić information content (AvgIpc) is 3.52. The summed E-state index contributed by atoms with van der Waals surface area (Å²) in [7, 11) is 0. The zero-order chi connectivity index (χ0) is 19.2. The van der Waals surface area contributed by atoms with Crippen molar-refractivity contribution in [3.63, 3.8) is 0 Å². The molecule has 6 rings (SSSR count). The molecule has 29 heavy (non-hydrogen) atoms. The van der Waals surface area contributed by atoms with Crippen LogP contribution in [0.4, 0.5) is 0 Å². The third kappa shape index (κ3) is 2.48. The number of rotatable bonds is 3. The Morgan fingerprint density at radius 1 is 0.862 bits per heavy atom. The van der Waals surface area contributed by atoms with Gasteiger partial charge in [0.2, 0.25) is 0 Å². The third-order valence-electron chi connectivity index (χ3n) is 4.83. The van der Waals surface area contributed by atoms with Crippen molar-refractivity contribution in [2.75, 3.05) is 0 Å².